The minimum Gasteiger partial charge on any atom is -0.482 e. The van der Waals surface area contributed by atoms with Gasteiger partial charge in [-0.05, 0) is 25.5 Å². The number of pyridine rings is 1. The number of carbonyl (C=O) groups is 1. The van der Waals surface area contributed by atoms with Gasteiger partial charge in [0, 0.05) is 25.2 Å². The van der Waals surface area contributed by atoms with Gasteiger partial charge in [0.05, 0.1) is 6.10 Å². The lowest BCUT2D eigenvalue weighted by Crippen LogP contribution is -2.31. The van der Waals surface area contributed by atoms with Crippen LogP contribution in [0.15, 0.2) is 18.3 Å². The second-order valence-electron chi connectivity index (χ2n) is 5.29. The molecule has 0 aromatic carbocycles. The molecule has 122 valence electrons. The van der Waals surface area contributed by atoms with Crippen LogP contribution in [-0.2, 0) is 0 Å². The van der Waals surface area contributed by atoms with Crippen molar-refractivity contribution in [2.24, 2.45) is 5.92 Å². The van der Waals surface area contributed by atoms with E-state index in [2.05, 4.69) is 9.72 Å². The molecule has 0 aliphatic carbocycles. The van der Waals surface area contributed by atoms with Crippen molar-refractivity contribution in [3.63, 3.8) is 0 Å². The van der Waals surface area contributed by atoms with Gasteiger partial charge in [0.15, 0.2) is 18.1 Å². The van der Waals surface area contributed by atoms with Gasteiger partial charge in [0.2, 0.25) is 0 Å². The second kappa shape index (κ2) is 6.51. The molecule has 1 fully saturated rings. The molecule has 5 nitrogen and oxygen atoms in total. The molecule has 0 saturated carbocycles. The van der Waals surface area contributed by atoms with Crippen molar-refractivity contribution < 1.29 is 27.8 Å². The first-order valence-electron chi connectivity index (χ1n) is 6.90. The Kier molecular flexibility index (Phi) is 4.90. The summed E-state index contributed by atoms with van der Waals surface area (Å²) in [6, 6.07) is 2.69. The molecule has 1 aliphatic rings. The van der Waals surface area contributed by atoms with Gasteiger partial charge in [-0.2, -0.15) is 13.2 Å². The third-order valence-corrected chi connectivity index (χ3v) is 3.56. The van der Waals surface area contributed by atoms with Crippen LogP contribution in [0, 0.1) is 5.92 Å². The van der Waals surface area contributed by atoms with Crippen LogP contribution < -0.4 is 4.74 Å². The first-order valence-corrected chi connectivity index (χ1v) is 6.90. The van der Waals surface area contributed by atoms with Gasteiger partial charge < -0.3 is 14.7 Å². The number of rotatable bonds is 4. The van der Waals surface area contributed by atoms with E-state index in [0.29, 0.717) is 19.5 Å². The zero-order valence-corrected chi connectivity index (χ0v) is 12.0. The summed E-state index contributed by atoms with van der Waals surface area (Å²) >= 11 is 0. The molecule has 1 aromatic rings. The number of ether oxygens (including phenoxy) is 1. The SMILES string of the molecule is CC(O)C1CCN(C(=O)c2ncccc2OCC(F)(F)F)C1. The van der Waals surface area contributed by atoms with Gasteiger partial charge in [-0.15, -0.1) is 0 Å². The monoisotopic (exact) mass is 318 g/mol. The predicted molar refractivity (Wildman–Crippen MR) is 71.5 cm³/mol. The number of carbonyl (C=O) groups excluding carboxylic acids is 1. The quantitative estimate of drug-likeness (QED) is 0.920. The van der Waals surface area contributed by atoms with Crippen LogP contribution >= 0.6 is 0 Å². The van der Waals surface area contributed by atoms with Gasteiger partial charge in [0.1, 0.15) is 0 Å². The van der Waals surface area contributed by atoms with Gasteiger partial charge >= 0.3 is 6.18 Å². The van der Waals surface area contributed by atoms with Gasteiger partial charge in [-0.1, -0.05) is 0 Å². The number of hydrogen-bond acceptors (Lipinski definition) is 4. The van der Waals surface area contributed by atoms with E-state index >= 15 is 0 Å². The maximum absolute atomic E-state index is 12.4. The molecule has 2 heterocycles. The summed E-state index contributed by atoms with van der Waals surface area (Å²) in [5.41, 5.74) is -0.141. The van der Waals surface area contributed by atoms with Gasteiger partial charge in [-0.3, -0.25) is 4.79 Å². The topological polar surface area (TPSA) is 62.7 Å². The molecule has 2 rings (SSSR count). The molecule has 2 atom stereocenters. The first-order chi connectivity index (χ1) is 10.3. The van der Waals surface area contributed by atoms with Crippen molar-refractivity contribution in [3.05, 3.63) is 24.0 Å². The molecular formula is C14H17F3N2O3. The summed E-state index contributed by atoms with van der Waals surface area (Å²) in [7, 11) is 0. The lowest BCUT2D eigenvalue weighted by molar-refractivity contribution is -0.153. The van der Waals surface area contributed by atoms with Gasteiger partial charge in [0.25, 0.3) is 5.91 Å². The maximum Gasteiger partial charge on any atom is 0.422 e. The number of likely N-dealkylation sites (tertiary alicyclic amines) is 1. The minimum absolute atomic E-state index is 0.0350. The van der Waals surface area contributed by atoms with Crippen molar-refractivity contribution in [2.75, 3.05) is 19.7 Å². The predicted octanol–water partition coefficient (Wildman–Crippen LogP) is 1.87. The van der Waals surface area contributed by atoms with Crippen molar-refractivity contribution >= 4 is 5.91 Å². The Balaban J connectivity index is 2.10. The van der Waals surface area contributed by atoms with Crippen LogP contribution in [0.3, 0.4) is 0 Å². The van der Waals surface area contributed by atoms with Gasteiger partial charge in [-0.25, -0.2) is 4.98 Å². The number of nitrogens with zero attached hydrogens (tertiary/aromatic N) is 2. The Morgan fingerprint density at radius 1 is 1.59 bits per heavy atom. The van der Waals surface area contributed by atoms with E-state index < -0.39 is 24.8 Å². The fourth-order valence-electron chi connectivity index (χ4n) is 2.34. The highest BCUT2D eigenvalue weighted by Crippen LogP contribution is 2.25. The third-order valence-electron chi connectivity index (χ3n) is 3.56. The van der Waals surface area contributed by atoms with E-state index in [1.807, 2.05) is 0 Å². The van der Waals surface area contributed by atoms with Crippen molar-refractivity contribution in [1.29, 1.82) is 0 Å². The van der Waals surface area contributed by atoms with E-state index in [9.17, 15) is 23.1 Å². The molecule has 1 amide bonds. The zero-order chi connectivity index (χ0) is 16.3. The number of alkyl halides is 3. The summed E-state index contributed by atoms with van der Waals surface area (Å²) in [5, 5.41) is 9.55. The minimum atomic E-state index is -4.48. The van der Waals surface area contributed by atoms with E-state index in [1.165, 1.54) is 23.2 Å². The fourth-order valence-corrected chi connectivity index (χ4v) is 2.34. The van der Waals surface area contributed by atoms with Crippen molar-refractivity contribution in [2.45, 2.75) is 25.6 Å². The van der Waals surface area contributed by atoms with E-state index in [-0.39, 0.29) is 17.4 Å². The van der Waals surface area contributed by atoms with E-state index in [4.69, 9.17) is 0 Å². The highest BCUT2D eigenvalue weighted by molar-refractivity contribution is 5.95. The van der Waals surface area contributed by atoms with Crippen LogP contribution in [0.4, 0.5) is 13.2 Å². The molecule has 22 heavy (non-hydrogen) atoms. The van der Waals surface area contributed by atoms with Crippen molar-refractivity contribution in [3.8, 4) is 5.75 Å². The summed E-state index contributed by atoms with van der Waals surface area (Å²) in [4.78, 5) is 17.7. The number of aromatic nitrogens is 1. The molecule has 0 radical (unpaired) electrons. The number of hydrogen-bond donors (Lipinski definition) is 1. The normalized spacial score (nSPS) is 20.0. The highest BCUT2D eigenvalue weighted by Gasteiger charge is 2.33. The van der Waals surface area contributed by atoms with Crippen LogP contribution in [0.1, 0.15) is 23.8 Å². The molecule has 1 aromatic heterocycles. The van der Waals surface area contributed by atoms with Crippen molar-refractivity contribution in [1.82, 2.24) is 9.88 Å². The van der Waals surface area contributed by atoms with E-state index in [1.54, 1.807) is 6.92 Å². The van der Waals surface area contributed by atoms with Crippen LogP contribution in [0.2, 0.25) is 0 Å². The summed E-state index contributed by atoms with van der Waals surface area (Å²) < 4.78 is 41.4. The number of aliphatic hydroxyl groups is 1. The molecule has 8 heteroatoms. The Morgan fingerprint density at radius 2 is 2.32 bits per heavy atom. The Morgan fingerprint density at radius 3 is 2.91 bits per heavy atom. The lowest BCUT2D eigenvalue weighted by atomic mass is 10.0. The standard InChI is InChI=1S/C14H17F3N2O3/c1-9(20)10-4-6-19(7-10)13(21)12-11(3-2-5-18-12)22-8-14(15,16)17/h2-3,5,9-10,20H,4,6-8H2,1H3. The molecule has 1 aliphatic heterocycles. The van der Waals surface area contributed by atoms with Crippen LogP contribution in [-0.4, -0.2) is 52.9 Å². The van der Waals surface area contributed by atoms with Crippen LogP contribution in [0.5, 0.6) is 5.75 Å². The summed E-state index contributed by atoms with van der Waals surface area (Å²) in [6.07, 6.45) is -3.05. The molecule has 0 spiro atoms. The third kappa shape index (κ3) is 4.09. The Hall–Kier alpha value is -1.83. The maximum atomic E-state index is 12.4. The largest absolute Gasteiger partial charge is 0.482 e. The highest BCUT2D eigenvalue weighted by atomic mass is 19.4. The number of halogens is 3. The molecule has 2 unspecified atom stereocenters. The molecule has 0 bridgehead atoms. The van der Waals surface area contributed by atoms with E-state index in [0.717, 1.165) is 0 Å². The van der Waals surface area contributed by atoms with Crippen LogP contribution in [0.25, 0.3) is 0 Å². The lowest BCUT2D eigenvalue weighted by Gasteiger charge is -2.19. The molecule has 1 saturated heterocycles. The number of aliphatic hydroxyl groups excluding tert-OH is 1. The summed E-state index contributed by atoms with van der Waals surface area (Å²) in [5.74, 6) is -0.710. The Labute approximate surface area is 125 Å². The molecule has 1 N–H and O–H groups in total. The smallest absolute Gasteiger partial charge is 0.422 e. The molecular weight excluding hydrogens is 301 g/mol. The zero-order valence-electron chi connectivity index (χ0n) is 12.0. The average molecular weight is 318 g/mol. The summed E-state index contributed by atoms with van der Waals surface area (Å²) in [6.45, 7) is 0.960. The average Bonchev–Trinajstić information content (AvgIpc) is 2.94. The number of amides is 1. The Bertz CT molecular complexity index is 534. The fraction of sp³-hybridized carbons (Fsp3) is 0.571. The second-order valence-corrected chi connectivity index (χ2v) is 5.29. The first kappa shape index (κ1) is 16.5.